The van der Waals surface area contributed by atoms with Gasteiger partial charge in [-0.3, -0.25) is 4.98 Å². The fraction of sp³-hybridized carbons (Fsp3) is 0.227. The van der Waals surface area contributed by atoms with Crippen LogP contribution in [0.3, 0.4) is 0 Å². The summed E-state index contributed by atoms with van der Waals surface area (Å²) in [6.07, 6.45) is 4.55. The van der Waals surface area contributed by atoms with Gasteiger partial charge in [-0.25, -0.2) is 0 Å². The molecule has 1 N–H and O–H groups in total. The molecule has 0 atom stereocenters. The molecule has 4 aromatic rings. The van der Waals surface area contributed by atoms with E-state index in [1.807, 2.05) is 12.4 Å². The smallest absolute Gasteiger partial charge is 0.210 e. The maximum atomic E-state index is 4.41. The Bertz CT molecular complexity index is 1040. The third kappa shape index (κ3) is 4.29. The highest BCUT2D eigenvalue weighted by Crippen LogP contribution is 2.34. The van der Waals surface area contributed by atoms with Crippen LogP contribution in [0.4, 0.5) is 10.8 Å². The number of pyridine rings is 1. The van der Waals surface area contributed by atoms with Gasteiger partial charge in [0, 0.05) is 34.9 Å². The van der Waals surface area contributed by atoms with E-state index in [1.54, 1.807) is 22.7 Å². The lowest BCUT2D eigenvalue weighted by atomic mass is 9.87. The monoisotopic (exact) mass is 406 g/mol. The Morgan fingerprint density at radius 2 is 1.68 bits per heavy atom. The number of benzene rings is 1. The topological polar surface area (TPSA) is 50.7 Å². The van der Waals surface area contributed by atoms with Gasteiger partial charge in [0.2, 0.25) is 5.13 Å². The molecule has 0 saturated carbocycles. The van der Waals surface area contributed by atoms with Crippen molar-refractivity contribution in [1.82, 2.24) is 15.2 Å². The molecular weight excluding hydrogens is 384 g/mol. The molecule has 0 aliphatic heterocycles. The third-order valence-electron chi connectivity index (χ3n) is 4.52. The summed E-state index contributed by atoms with van der Waals surface area (Å²) in [5.74, 6) is 0. The highest BCUT2D eigenvalue weighted by atomic mass is 32.1. The fourth-order valence-electron chi connectivity index (χ4n) is 2.91. The van der Waals surface area contributed by atoms with E-state index >= 15 is 0 Å². The molecule has 1 aromatic carbocycles. The Kier molecular flexibility index (Phi) is 5.24. The number of thiophene rings is 1. The van der Waals surface area contributed by atoms with Crippen molar-refractivity contribution in [3.05, 3.63) is 76.2 Å². The molecule has 0 saturated heterocycles. The van der Waals surface area contributed by atoms with Crippen molar-refractivity contribution >= 4 is 33.5 Å². The number of hydrogen-bond donors (Lipinski definition) is 1. The van der Waals surface area contributed by atoms with Gasteiger partial charge in [0.15, 0.2) is 5.01 Å². The van der Waals surface area contributed by atoms with Crippen molar-refractivity contribution in [2.75, 3.05) is 5.32 Å². The van der Waals surface area contributed by atoms with Crippen molar-refractivity contribution in [3.63, 3.8) is 0 Å². The Balaban J connectivity index is 1.50. The SMILES string of the molecule is CC(C)(C)c1ccc(Nc2nnc(-c3ccsc3Cc3ccncc3)s2)cc1. The molecule has 0 amide bonds. The molecule has 0 unspecified atom stereocenters. The quantitative estimate of drug-likeness (QED) is 0.423. The van der Waals surface area contributed by atoms with E-state index in [0.717, 1.165) is 27.8 Å². The molecule has 142 valence electrons. The molecule has 0 radical (unpaired) electrons. The van der Waals surface area contributed by atoms with Gasteiger partial charge in [0.1, 0.15) is 0 Å². The molecule has 3 aromatic heterocycles. The van der Waals surface area contributed by atoms with Crippen molar-refractivity contribution < 1.29 is 0 Å². The fourth-order valence-corrected chi connectivity index (χ4v) is 4.70. The minimum Gasteiger partial charge on any atom is -0.330 e. The van der Waals surface area contributed by atoms with Gasteiger partial charge in [-0.2, -0.15) is 0 Å². The highest BCUT2D eigenvalue weighted by Gasteiger charge is 2.15. The summed E-state index contributed by atoms with van der Waals surface area (Å²) in [7, 11) is 0. The van der Waals surface area contributed by atoms with Crippen LogP contribution in [-0.2, 0) is 11.8 Å². The lowest BCUT2D eigenvalue weighted by Gasteiger charge is -2.19. The maximum absolute atomic E-state index is 4.41. The van der Waals surface area contributed by atoms with Crippen LogP contribution in [-0.4, -0.2) is 15.2 Å². The van der Waals surface area contributed by atoms with Crippen LogP contribution in [0.1, 0.15) is 36.8 Å². The van der Waals surface area contributed by atoms with E-state index in [4.69, 9.17) is 0 Å². The van der Waals surface area contributed by atoms with Gasteiger partial charge in [-0.05, 0) is 52.3 Å². The third-order valence-corrected chi connectivity index (χ3v) is 6.31. The van der Waals surface area contributed by atoms with Crippen LogP contribution in [0.2, 0.25) is 0 Å². The molecule has 3 heterocycles. The Labute approximate surface area is 173 Å². The van der Waals surface area contributed by atoms with Gasteiger partial charge in [-0.1, -0.05) is 44.2 Å². The Morgan fingerprint density at radius 1 is 0.929 bits per heavy atom. The first-order valence-electron chi connectivity index (χ1n) is 9.16. The number of hydrogen-bond acceptors (Lipinski definition) is 6. The van der Waals surface area contributed by atoms with Crippen LogP contribution < -0.4 is 5.32 Å². The summed E-state index contributed by atoms with van der Waals surface area (Å²) in [5, 5.41) is 16.0. The second-order valence-electron chi connectivity index (χ2n) is 7.65. The number of nitrogens with zero attached hydrogens (tertiary/aromatic N) is 3. The zero-order valence-electron chi connectivity index (χ0n) is 16.1. The van der Waals surface area contributed by atoms with Crippen LogP contribution in [0.25, 0.3) is 10.6 Å². The molecule has 0 spiro atoms. The van der Waals surface area contributed by atoms with Crippen molar-refractivity contribution in [1.29, 1.82) is 0 Å². The van der Waals surface area contributed by atoms with Crippen molar-refractivity contribution in [2.45, 2.75) is 32.6 Å². The summed E-state index contributed by atoms with van der Waals surface area (Å²) in [6, 6.07) is 14.8. The summed E-state index contributed by atoms with van der Waals surface area (Å²) in [5.41, 5.74) is 4.91. The first-order chi connectivity index (χ1) is 13.5. The second kappa shape index (κ2) is 7.81. The first kappa shape index (κ1) is 18.8. The van der Waals surface area contributed by atoms with E-state index in [9.17, 15) is 0 Å². The normalized spacial score (nSPS) is 11.5. The summed E-state index contributed by atoms with van der Waals surface area (Å²) < 4.78 is 0. The van der Waals surface area contributed by atoms with E-state index in [-0.39, 0.29) is 5.41 Å². The molecule has 0 aliphatic rings. The molecule has 4 rings (SSSR count). The molecule has 0 bridgehead atoms. The largest absolute Gasteiger partial charge is 0.330 e. The second-order valence-corrected chi connectivity index (χ2v) is 9.63. The maximum Gasteiger partial charge on any atom is 0.210 e. The molecular formula is C22H22N4S2. The van der Waals surface area contributed by atoms with Gasteiger partial charge < -0.3 is 5.32 Å². The number of aromatic nitrogens is 3. The minimum absolute atomic E-state index is 0.151. The molecule has 28 heavy (non-hydrogen) atoms. The molecule has 6 heteroatoms. The van der Waals surface area contributed by atoms with Crippen LogP contribution in [0.5, 0.6) is 0 Å². The lowest BCUT2D eigenvalue weighted by molar-refractivity contribution is 0.590. The Hall–Kier alpha value is -2.57. The first-order valence-corrected chi connectivity index (χ1v) is 10.9. The lowest BCUT2D eigenvalue weighted by Crippen LogP contribution is -2.10. The average molecular weight is 407 g/mol. The predicted octanol–water partition coefficient (Wildman–Crippen LogP) is 6.29. The summed E-state index contributed by atoms with van der Waals surface area (Å²) in [6.45, 7) is 6.66. The molecule has 0 aliphatic carbocycles. The molecule has 4 nitrogen and oxygen atoms in total. The van der Waals surface area contributed by atoms with Crippen LogP contribution in [0, 0.1) is 0 Å². The van der Waals surface area contributed by atoms with Gasteiger partial charge in [0.25, 0.3) is 0 Å². The van der Waals surface area contributed by atoms with E-state index in [2.05, 4.69) is 89.1 Å². The van der Waals surface area contributed by atoms with Crippen molar-refractivity contribution in [2.24, 2.45) is 0 Å². The zero-order chi connectivity index (χ0) is 19.6. The van der Waals surface area contributed by atoms with Gasteiger partial charge in [-0.15, -0.1) is 21.5 Å². The Morgan fingerprint density at radius 3 is 2.39 bits per heavy atom. The predicted molar refractivity (Wildman–Crippen MR) is 119 cm³/mol. The van der Waals surface area contributed by atoms with E-state index in [1.165, 1.54) is 16.0 Å². The van der Waals surface area contributed by atoms with Crippen molar-refractivity contribution in [3.8, 4) is 10.6 Å². The van der Waals surface area contributed by atoms with Crippen LogP contribution >= 0.6 is 22.7 Å². The number of anilines is 2. The van der Waals surface area contributed by atoms with E-state index < -0.39 is 0 Å². The standard InChI is InChI=1S/C22H22N4S2/c1-22(2,3)16-4-6-17(7-5-16)24-21-26-25-20(28-21)18-10-13-27-19(18)14-15-8-11-23-12-9-15/h4-13H,14H2,1-3H3,(H,24,26). The van der Waals surface area contributed by atoms with E-state index in [0.29, 0.717) is 0 Å². The minimum atomic E-state index is 0.151. The summed E-state index contributed by atoms with van der Waals surface area (Å²) >= 11 is 3.34. The van der Waals surface area contributed by atoms with Crippen LogP contribution in [0.15, 0.2) is 60.2 Å². The van der Waals surface area contributed by atoms with Gasteiger partial charge >= 0.3 is 0 Å². The number of nitrogens with one attached hydrogen (secondary N) is 1. The zero-order valence-corrected chi connectivity index (χ0v) is 17.8. The molecule has 0 fully saturated rings. The van der Waals surface area contributed by atoms with Gasteiger partial charge in [0.05, 0.1) is 0 Å². The number of rotatable bonds is 5. The average Bonchev–Trinajstić information content (AvgIpc) is 3.31. The highest BCUT2D eigenvalue weighted by molar-refractivity contribution is 7.19. The summed E-state index contributed by atoms with van der Waals surface area (Å²) in [4.78, 5) is 5.39.